The highest BCUT2D eigenvalue weighted by atomic mass is 16.3. The molecular formula is C25H24N5O3+. The number of amides is 2. The Hall–Kier alpha value is -4.20. The van der Waals surface area contributed by atoms with Crippen molar-refractivity contribution in [3.63, 3.8) is 0 Å². The summed E-state index contributed by atoms with van der Waals surface area (Å²) >= 11 is 0. The Bertz CT molecular complexity index is 1220. The molecule has 0 saturated carbocycles. The summed E-state index contributed by atoms with van der Waals surface area (Å²) in [5, 5.41) is 2.93. The number of carbonyl (C=O) groups excluding carboxylic acids is 2. The number of nitrogens with one attached hydrogen (secondary N) is 1. The van der Waals surface area contributed by atoms with Crippen LogP contribution in [0.5, 0.6) is 0 Å². The molecule has 8 nitrogen and oxygen atoms in total. The van der Waals surface area contributed by atoms with E-state index >= 15 is 0 Å². The van der Waals surface area contributed by atoms with E-state index in [2.05, 4.69) is 5.32 Å². The van der Waals surface area contributed by atoms with E-state index in [9.17, 15) is 9.59 Å². The molecule has 0 spiro atoms. The minimum Gasteiger partial charge on any atom is -0.465 e. The number of carbonyl (C=O) groups is 2. The van der Waals surface area contributed by atoms with E-state index in [1.807, 2.05) is 42.5 Å². The molecule has 3 N–H and O–H groups in total. The molecule has 3 aliphatic heterocycles. The molecule has 2 amide bonds. The van der Waals surface area contributed by atoms with Gasteiger partial charge in [0.05, 0.1) is 6.26 Å². The molecule has 0 radical (unpaired) electrons. The lowest BCUT2D eigenvalue weighted by Crippen LogP contribution is -2.54. The van der Waals surface area contributed by atoms with E-state index in [0.29, 0.717) is 24.6 Å². The molecule has 0 saturated heterocycles. The minimum absolute atomic E-state index is 0.155. The van der Waals surface area contributed by atoms with Crippen LogP contribution in [0.4, 0.5) is 0 Å². The second-order valence-corrected chi connectivity index (χ2v) is 8.00. The lowest BCUT2D eigenvalue weighted by Gasteiger charge is -2.35. The smallest absolute Gasteiger partial charge is 0.282 e. The van der Waals surface area contributed by atoms with E-state index in [1.165, 1.54) is 4.90 Å². The number of nitrogens with zero attached hydrogens (tertiary/aromatic N) is 3. The van der Waals surface area contributed by atoms with E-state index in [1.54, 1.807) is 41.3 Å². The van der Waals surface area contributed by atoms with Crippen molar-refractivity contribution < 1.29 is 18.6 Å². The third-order valence-electron chi connectivity index (χ3n) is 5.89. The highest BCUT2D eigenvalue weighted by Gasteiger charge is 2.46. The van der Waals surface area contributed by atoms with Gasteiger partial charge in [0.25, 0.3) is 11.7 Å². The summed E-state index contributed by atoms with van der Waals surface area (Å²) in [6.45, 7) is 0.744. The van der Waals surface area contributed by atoms with Gasteiger partial charge in [0.1, 0.15) is 29.6 Å². The van der Waals surface area contributed by atoms with Crippen molar-refractivity contribution in [2.75, 3.05) is 6.54 Å². The quantitative estimate of drug-likeness (QED) is 0.665. The average molecular weight is 442 g/mol. The number of fused-ring (bicyclic) bond motifs is 2. The number of hydrogen-bond acceptors (Lipinski definition) is 5. The zero-order valence-electron chi connectivity index (χ0n) is 17.9. The molecule has 0 unspecified atom stereocenters. The van der Waals surface area contributed by atoms with Gasteiger partial charge in [-0.2, -0.15) is 0 Å². The van der Waals surface area contributed by atoms with Crippen LogP contribution in [0.25, 0.3) is 0 Å². The average Bonchev–Trinajstić information content (AvgIpc) is 3.35. The largest absolute Gasteiger partial charge is 0.465 e. The van der Waals surface area contributed by atoms with Crippen LogP contribution < -0.4 is 11.1 Å². The van der Waals surface area contributed by atoms with Crippen molar-refractivity contribution in [2.45, 2.75) is 19.1 Å². The van der Waals surface area contributed by atoms with E-state index in [-0.39, 0.29) is 29.8 Å². The second-order valence-electron chi connectivity index (χ2n) is 8.00. The van der Waals surface area contributed by atoms with Gasteiger partial charge in [-0.15, -0.1) is 0 Å². The van der Waals surface area contributed by atoms with Crippen LogP contribution in [0.2, 0.25) is 0 Å². The maximum Gasteiger partial charge on any atom is 0.282 e. The van der Waals surface area contributed by atoms with Crippen LogP contribution in [0, 0.1) is 5.92 Å². The van der Waals surface area contributed by atoms with Gasteiger partial charge in [-0.3, -0.25) is 20.2 Å². The van der Waals surface area contributed by atoms with Crippen LogP contribution in [0.3, 0.4) is 0 Å². The summed E-state index contributed by atoms with van der Waals surface area (Å²) in [6.07, 6.45) is 10.4. The number of nitrogens with two attached hydrogens (primary N) is 1. The molecule has 5 rings (SSSR count). The molecule has 3 aliphatic rings. The van der Waals surface area contributed by atoms with Crippen molar-refractivity contribution in [3.05, 3.63) is 96.1 Å². The Balaban J connectivity index is 1.44. The molecule has 33 heavy (non-hydrogen) atoms. The summed E-state index contributed by atoms with van der Waals surface area (Å²) in [5.74, 6) is 0.356. The summed E-state index contributed by atoms with van der Waals surface area (Å²) in [5.41, 5.74) is 7.89. The Labute approximate surface area is 191 Å². The molecule has 166 valence electrons. The second kappa shape index (κ2) is 8.74. The SMILES string of the molecule is NC1=[N+](Cc2ccco2)[C@@H]2N=C3C=CC=CN3C(=O)[C@H]2C=C1C(=O)NCCc1ccccc1. The van der Waals surface area contributed by atoms with Gasteiger partial charge in [-0.1, -0.05) is 36.4 Å². The summed E-state index contributed by atoms with van der Waals surface area (Å²) in [4.78, 5) is 32.7. The van der Waals surface area contributed by atoms with Crippen LogP contribution in [-0.4, -0.2) is 45.7 Å². The van der Waals surface area contributed by atoms with Gasteiger partial charge < -0.3 is 9.73 Å². The maximum atomic E-state index is 13.3. The summed E-state index contributed by atoms with van der Waals surface area (Å²) in [7, 11) is 0. The number of benzene rings is 1. The highest BCUT2D eigenvalue weighted by Crippen LogP contribution is 2.28. The van der Waals surface area contributed by atoms with Gasteiger partial charge in [0.2, 0.25) is 12.1 Å². The first-order valence-electron chi connectivity index (χ1n) is 10.8. The number of aliphatic imine (C=N–C) groups is 1. The van der Waals surface area contributed by atoms with E-state index in [4.69, 9.17) is 15.1 Å². The number of allylic oxidation sites excluding steroid dienone is 2. The highest BCUT2D eigenvalue weighted by molar-refractivity contribution is 6.19. The van der Waals surface area contributed by atoms with Gasteiger partial charge >= 0.3 is 0 Å². The minimum atomic E-state index is -0.651. The zero-order valence-corrected chi connectivity index (χ0v) is 17.9. The van der Waals surface area contributed by atoms with Crippen molar-refractivity contribution >= 4 is 23.5 Å². The molecule has 2 aromatic rings. The van der Waals surface area contributed by atoms with Gasteiger partial charge in [-0.05, 0) is 42.3 Å². The Morgan fingerprint density at radius 3 is 2.82 bits per heavy atom. The summed E-state index contributed by atoms with van der Waals surface area (Å²) < 4.78 is 7.28. The first-order valence-corrected chi connectivity index (χ1v) is 10.8. The first kappa shape index (κ1) is 20.7. The molecule has 1 aromatic carbocycles. The topological polar surface area (TPSA) is 104 Å². The lowest BCUT2D eigenvalue weighted by atomic mass is 9.93. The fraction of sp³-hybridized carbons (Fsp3) is 0.200. The van der Waals surface area contributed by atoms with Crippen LogP contribution in [0.15, 0.2) is 94.2 Å². The Morgan fingerprint density at radius 1 is 1.18 bits per heavy atom. The molecule has 4 heterocycles. The predicted octanol–water partition coefficient (Wildman–Crippen LogP) is 1.71. The number of amidine groups is 2. The predicted molar refractivity (Wildman–Crippen MR) is 123 cm³/mol. The zero-order chi connectivity index (χ0) is 22.8. The number of hydrogen-bond donors (Lipinski definition) is 2. The Kier molecular flexibility index (Phi) is 5.48. The lowest BCUT2D eigenvalue weighted by molar-refractivity contribution is -0.588. The maximum absolute atomic E-state index is 13.3. The first-order chi connectivity index (χ1) is 16.1. The van der Waals surface area contributed by atoms with Gasteiger partial charge in [0, 0.05) is 12.7 Å². The fourth-order valence-corrected chi connectivity index (χ4v) is 4.21. The van der Waals surface area contributed by atoms with E-state index < -0.39 is 12.1 Å². The molecule has 0 fully saturated rings. The van der Waals surface area contributed by atoms with Gasteiger partial charge in [0.15, 0.2) is 0 Å². The van der Waals surface area contributed by atoms with Crippen LogP contribution >= 0.6 is 0 Å². The number of rotatable bonds is 6. The van der Waals surface area contributed by atoms with Crippen molar-refractivity contribution in [1.82, 2.24) is 10.2 Å². The van der Waals surface area contributed by atoms with Crippen LogP contribution in [0.1, 0.15) is 11.3 Å². The molecule has 2 atom stereocenters. The summed E-state index contributed by atoms with van der Waals surface area (Å²) in [6, 6.07) is 13.5. The molecule has 1 aromatic heterocycles. The van der Waals surface area contributed by atoms with Crippen molar-refractivity contribution in [2.24, 2.45) is 16.6 Å². The Morgan fingerprint density at radius 2 is 2.03 bits per heavy atom. The number of furan rings is 1. The third-order valence-corrected chi connectivity index (χ3v) is 5.89. The van der Waals surface area contributed by atoms with Crippen molar-refractivity contribution in [1.29, 1.82) is 0 Å². The molecule has 8 heteroatoms. The normalized spacial score (nSPS) is 21.3. The fourth-order valence-electron chi connectivity index (χ4n) is 4.21. The van der Waals surface area contributed by atoms with Gasteiger partial charge in [-0.25, -0.2) is 9.57 Å². The standard InChI is InChI=1S/C25H23N5O3/c26-22-19(24(31)27-12-11-17-7-2-1-3-8-17)15-20-23(30(22)16-18-9-6-14-33-18)28-21-10-4-5-13-29(21)25(20)32/h1-10,13-15,20,23,26H,11-12,16H2,(H,27,31)/p+1/t20-,23-/m0/s1. The molecular weight excluding hydrogens is 418 g/mol. The van der Waals surface area contributed by atoms with Crippen molar-refractivity contribution in [3.8, 4) is 0 Å². The monoisotopic (exact) mass is 442 g/mol. The van der Waals surface area contributed by atoms with Crippen LogP contribution in [-0.2, 0) is 22.6 Å². The molecule has 0 bridgehead atoms. The molecule has 0 aliphatic carbocycles. The third kappa shape index (κ3) is 4.03. The van der Waals surface area contributed by atoms with E-state index in [0.717, 1.165) is 5.56 Å².